The lowest BCUT2D eigenvalue weighted by molar-refractivity contribution is -0.117. The predicted molar refractivity (Wildman–Crippen MR) is 96.2 cm³/mol. The number of rotatable bonds is 2. The maximum Gasteiger partial charge on any atom is 0.322 e. The average Bonchev–Trinajstić information content (AvgIpc) is 2.90. The Morgan fingerprint density at radius 3 is 2.71 bits per heavy atom. The van der Waals surface area contributed by atoms with Crippen LogP contribution >= 0.6 is 0 Å². The molecular weight excluding hydrogens is 302 g/mol. The van der Waals surface area contributed by atoms with Gasteiger partial charge in [0.1, 0.15) is 0 Å². The fourth-order valence-electron chi connectivity index (χ4n) is 3.71. The summed E-state index contributed by atoms with van der Waals surface area (Å²) in [6.45, 7) is 5.84. The Kier molecular flexibility index (Phi) is 5.07. The largest absolute Gasteiger partial charge is 0.322 e. The first-order valence-corrected chi connectivity index (χ1v) is 9.03. The number of nitrogens with zero attached hydrogens (tertiary/aromatic N) is 2. The summed E-state index contributed by atoms with van der Waals surface area (Å²) in [6.07, 6.45) is 4.85. The summed E-state index contributed by atoms with van der Waals surface area (Å²) in [4.78, 5) is 28.6. The molecule has 1 aromatic carbocycles. The minimum atomic E-state index is -0.0599. The fourth-order valence-corrected chi connectivity index (χ4v) is 3.71. The van der Waals surface area contributed by atoms with Gasteiger partial charge in [0, 0.05) is 25.6 Å². The Bertz CT molecular complexity index is 616. The molecule has 0 aromatic heterocycles. The summed E-state index contributed by atoms with van der Waals surface area (Å²) < 4.78 is 0. The van der Waals surface area contributed by atoms with Crippen LogP contribution in [0.4, 0.5) is 16.2 Å². The van der Waals surface area contributed by atoms with Crippen molar-refractivity contribution in [1.29, 1.82) is 0 Å². The van der Waals surface area contributed by atoms with Crippen LogP contribution in [0.2, 0.25) is 0 Å². The van der Waals surface area contributed by atoms with Gasteiger partial charge in [-0.2, -0.15) is 0 Å². The minimum Gasteiger partial charge on any atom is -0.322 e. The molecule has 2 aliphatic heterocycles. The van der Waals surface area contributed by atoms with Crippen molar-refractivity contribution in [2.75, 3.05) is 23.3 Å². The zero-order valence-electron chi connectivity index (χ0n) is 14.6. The Morgan fingerprint density at radius 2 is 1.96 bits per heavy atom. The number of anilines is 2. The van der Waals surface area contributed by atoms with E-state index < -0.39 is 0 Å². The molecule has 3 rings (SSSR count). The second kappa shape index (κ2) is 7.24. The second-order valence-corrected chi connectivity index (χ2v) is 7.13. The molecule has 0 aliphatic carbocycles. The van der Waals surface area contributed by atoms with E-state index in [9.17, 15) is 9.59 Å². The quantitative estimate of drug-likeness (QED) is 0.896. The van der Waals surface area contributed by atoms with E-state index in [1.165, 1.54) is 12.8 Å². The van der Waals surface area contributed by atoms with Gasteiger partial charge < -0.3 is 15.1 Å². The van der Waals surface area contributed by atoms with Gasteiger partial charge in [0.25, 0.3) is 0 Å². The SMILES string of the molecule is C[C@H]1CCC[C@H](C)N(C(=O)Nc2ccccc2N2CCCC2=O)C1. The highest BCUT2D eigenvalue weighted by molar-refractivity contribution is 6.01. The lowest BCUT2D eigenvalue weighted by Crippen LogP contribution is -2.42. The van der Waals surface area contributed by atoms with E-state index in [1.54, 1.807) is 4.90 Å². The zero-order chi connectivity index (χ0) is 17.1. The van der Waals surface area contributed by atoms with Crippen LogP contribution in [0.3, 0.4) is 0 Å². The molecule has 1 N–H and O–H groups in total. The van der Waals surface area contributed by atoms with Crippen molar-refractivity contribution in [3.8, 4) is 0 Å². The van der Waals surface area contributed by atoms with Crippen molar-refractivity contribution < 1.29 is 9.59 Å². The number of likely N-dealkylation sites (tertiary alicyclic amines) is 1. The first kappa shape index (κ1) is 16.8. The van der Waals surface area contributed by atoms with Gasteiger partial charge in [0.05, 0.1) is 11.4 Å². The van der Waals surface area contributed by atoms with Gasteiger partial charge in [0.15, 0.2) is 0 Å². The fraction of sp³-hybridized carbons (Fsp3) is 0.579. The monoisotopic (exact) mass is 329 g/mol. The highest BCUT2D eigenvalue weighted by Gasteiger charge is 2.27. The van der Waals surface area contributed by atoms with Crippen molar-refractivity contribution in [1.82, 2.24) is 4.90 Å². The number of hydrogen-bond donors (Lipinski definition) is 1. The summed E-state index contributed by atoms with van der Waals surface area (Å²) in [6, 6.07) is 7.78. The lowest BCUT2D eigenvalue weighted by atomic mass is 10.1. The molecule has 2 aliphatic rings. The van der Waals surface area contributed by atoms with Gasteiger partial charge >= 0.3 is 6.03 Å². The first-order valence-electron chi connectivity index (χ1n) is 9.03. The molecule has 130 valence electrons. The van der Waals surface area contributed by atoms with E-state index >= 15 is 0 Å². The van der Waals surface area contributed by atoms with Crippen LogP contribution in [0, 0.1) is 5.92 Å². The Hall–Kier alpha value is -2.04. The normalized spacial score (nSPS) is 24.8. The van der Waals surface area contributed by atoms with E-state index in [-0.39, 0.29) is 18.0 Å². The van der Waals surface area contributed by atoms with E-state index in [1.807, 2.05) is 29.2 Å². The molecule has 0 spiro atoms. The average molecular weight is 329 g/mol. The number of hydrogen-bond acceptors (Lipinski definition) is 2. The van der Waals surface area contributed by atoms with Crippen LogP contribution in [-0.2, 0) is 4.79 Å². The number of carbonyl (C=O) groups is 2. The summed E-state index contributed by atoms with van der Waals surface area (Å²) >= 11 is 0. The van der Waals surface area contributed by atoms with Crippen LogP contribution in [-0.4, -0.2) is 36.0 Å². The smallest absolute Gasteiger partial charge is 0.322 e. The number of para-hydroxylation sites is 2. The van der Waals surface area contributed by atoms with Crippen LogP contribution in [0.5, 0.6) is 0 Å². The third kappa shape index (κ3) is 3.55. The van der Waals surface area contributed by atoms with Gasteiger partial charge in [-0.25, -0.2) is 4.79 Å². The van der Waals surface area contributed by atoms with Gasteiger partial charge in [-0.1, -0.05) is 25.5 Å². The number of amides is 3. The number of carbonyl (C=O) groups excluding carboxylic acids is 2. The summed E-state index contributed by atoms with van der Waals surface area (Å²) in [5, 5.41) is 3.05. The summed E-state index contributed by atoms with van der Waals surface area (Å²) in [5.41, 5.74) is 1.53. The zero-order valence-corrected chi connectivity index (χ0v) is 14.6. The third-order valence-electron chi connectivity index (χ3n) is 5.13. The van der Waals surface area contributed by atoms with Gasteiger partial charge in [0.2, 0.25) is 5.91 Å². The van der Waals surface area contributed by atoms with E-state index in [4.69, 9.17) is 0 Å². The molecule has 0 bridgehead atoms. The van der Waals surface area contributed by atoms with Crippen molar-refractivity contribution >= 4 is 23.3 Å². The maximum atomic E-state index is 12.8. The Labute approximate surface area is 144 Å². The highest BCUT2D eigenvalue weighted by atomic mass is 16.2. The summed E-state index contributed by atoms with van der Waals surface area (Å²) in [7, 11) is 0. The standard InChI is InChI=1S/C19H27N3O2/c1-14-7-5-8-15(2)22(13-14)19(24)20-16-9-3-4-10-17(16)21-12-6-11-18(21)23/h3-4,9-10,14-15H,5-8,11-13H2,1-2H3,(H,20,24)/t14-,15-/m0/s1. The van der Waals surface area contributed by atoms with Crippen LogP contribution in [0.1, 0.15) is 46.0 Å². The molecule has 2 heterocycles. The molecule has 2 fully saturated rings. The number of urea groups is 1. The van der Waals surface area contributed by atoms with Gasteiger partial charge in [-0.15, -0.1) is 0 Å². The first-order chi connectivity index (χ1) is 11.6. The molecule has 0 saturated carbocycles. The topological polar surface area (TPSA) is 52.7 Å². The van der Waals surface area contributed by atoms with E-state index in [2.05, 4.69) is 19.2 Å². The van der Waals surface area contributed by atoms with Crippen molar-refractivity contribution in [3.05, 3.63) is 24.3 Å². The van der Waals surface area contributed by atoms with Crippen molar-refractivity contribution in [2.24, 2.45) is 5.92 Å². The predicted octanol–water partition coefficient (Wildman–Crippen LogP) is 3.86. The second-order valence-electron chi connectivity index (χ2n) is 7.13. The molecule has 0 radical (unpaired) electrons. The Morgan fingerprint density at radius 1 is 1.17 bits per heavy atom. The van der Waals surface area contributed by atoms with E-state index in [0.29, 0.717) is 12.3 Å². The molecule has 2 saturated heterocycles. The molecule has 3 amide bonds. The highest BCUT2D eigenvalue weighted by Crippen LogP contribution is 2.30. The summed E-state index contributed by atoms with van der Waals surface area (Å²) in [5.74, 6) is 0.657. The number of benzene rings is 1. The molecule has 5 heteroatoms. The van der Waals surface area contributed by atoms with Crippen molar-refractivity contribution in [2.45, 2.75) is 52.0 Å². The maximum absolute atomic E-state index is 12.8. The Balaban J connectivity index is 1.78. The van der Waals surface area contributed by atoms with E-state index in [0.717, 1.165) is 37.3 Å². The molecule has 0 unspecified atom stereocenters. The minimum absolute atomic E-state index is 0.0599. The number of nitrogens with one attached hydrogen (secondary N) is 1. The van der Waals surface area contributed by atoms with Crippen LogP contribution in [0.15, 0.2) is 24.3 Å². The third-order valence-corrected chi connectivity index (χ3v) is 5.13. The van der Waals surface area contributed by atoms with Crippen LogP contribution in [0.25, 0.3) is 0 Å². The molecule has 24 heavy (non-hydrogen) atoms. The van der Waals surface area contributed by atoms with Crippen molar-refractivity contribution in [3.63, 3.8) is 0 Å². The molecule has 1 aromatic rings. The van der Waals surface area contributed by atoms with Gasteiger partial charge in [-0.3, -0.25) is 4.79 Å². The van der Waals surface area contributed by atoms with Gasteiger partial charge in [-0.05, 0) is 44.2 Å². The molecule has 5 nitrogen and oxygen atoms in total. The molecular formula is C19H27N3O2. The molecule has 2 atom stereocenters. The van der Waals surface area contributed by atoms with Crippen LogP contribution < -0.4 is 10.2 Å². The lowest BCUT2D eigenvalue weighted by Gasteiger charge is -2.29.